The summed E-state index contributed by atoms with van der Waals surface area (Å²) < 4.78 is 19.1. The van der Waals surface area contributed by atoms with Crippen molar-refractivity contribution in [2.24, 2.45) is 5.92 Å². The van der Waals surface area contributed by atoms with Gasteiger partial charge in [-0.3, -0.25) is 0 Å². The van der Waals surface area contributed by atoms with Crippen molar-refractivity contribution in [2.45, 2.75) is 52.2 Å². The second-order valence-electron chi connectivity index (χ2n) is 5.48. The number of ether oxygens (including phenoxy) is 1. The van der Waals surface area contributed by atoms with Gasteiger partial charge >= 0.3 is 0 Å². The van der Waals surface area contributed by atoms with Crippen molar-refractivity contribution in [3.8, 4) is 5.75 Å². The van der Waals surface area contributed by atoms with E-state index in [9.17, 15) is 4.39 Å². The van der Waals surface area contributed by atoms with E-state index in [1.165, 1.54) is 6.07 Å². The van der Waals surface area contributed by atoms with Gasteiger partial charge in [0.1, 0.15) is 17.7 Å². The monoisotopic (exact) mass is 265 g/mol. The van der Waals surface area contributed by atoms with Crippen LogP contribution >= 0.6 is 0 Å². The number of nitrogens with one attached hydrogen (secondary N) is 1. The zero-order valence-electron chi connectivity index (χ0n) is 12.1. The van der Waals surface area contributed by atoms with Gasteiger partial charge < -0.3 is 10.1 Å². The summed E-state index contributed by atoms with van der Waals surface area (Å²) in [5, 5.41) is 3.52. The molecule has 0 spiro atoms. The smallest absolute Gasteiger partial charge is 0.123 e. The maximum Gasteiger partial charge on any atom is 0.123 e. The van der Waals surface area contributed by atoms with Crippen molar-refractivity contribution in [2.75, 3.05) is 6.54 Å². The second-order valence-corrected chi connectivity index (χ2v) is 5.48. The molecule has 2 rings (SSSR count). The molecule has 1 N–H and O–H groups in total. The van der Waals surface area contributed by atoms with E-state index in [1.54, 1.807) is 12.1 Å². The molecule has 2 nitrogen and oxygen atoms in total. The van der Waals surface area contributed by atoms with Crippen LogP contribution in [-0.4, -0.2) is 18.7 Å². The van der Waals surface area contributed by atoms with Crippen LogP contribution in [-0.2, 0) is 6.42 Å². The second kappa shape index (κ2) is 6.38. The van der Waals surface area contributed by atoms with Crippen molar-refractivity contribution in [3.63, 3.8) is 0 Å². The molecular formula is C16H24FNO. The highest BCUT2D eigenvalue weighted by Crippen LogP contribution is 2.32. The molecule has 3 atom stereocenters. The van der Waals surface area contributed by atoms with Crippen LogP contribution in [0.25, 0.3) is 0 Å². The highest BCUT2D eigenvalue weighted by Gasteiger charge is 2.27. The third-order valence-corrected chi connectivity index (χ3v) is 3.99. The molecule has 19 heavy (non-hydrogen) atoms. The lowest BCUT2D eigenvalue weighted by atomic mass is 9.92. The number of rotatable bonds is 6. The highest BCUT2D eigenvalue weighted by atomic mass is 19.1. The minimum absolute atomic E-state index is 0.171. The van der Waals surface area contributed by atoms with E-state index in [4.69, 9.17) is 4.74 Å². The van der Waals surface area contributed by atoms with E-state index < -0.39 is 0 Å². The van der Waals surface area contributed by atoms with Gasteiger partial charge in [-0.2, -0.15) is 0 Å². The van der Waals surface area contributed by atoms with Crippen LogP contribution in [0.5, 0.6) is 5.75 Å². The van der Waals surface area contributed by atoms with Crippen LogP contribution in [0.2, 0.25) is 0 Å². The largest absolute Gasteiger partial charge is 0.490 e. The normalized spacial score (nSPS) is 20.7. The molecule has 0 aromatic heterocycles. The van der Waals surface area contributed by atoms with Gasteiger partial charge in [-0.1, -0.05) is 20.8 Å². The molecule has 1 aliphatic heterocycles. The molecule has 0 amide bonds. The lowest BCUT2D eigenvalue weighted by molar-refractivity contribution is 0.181. The zero-order chi connectivity index (χ0) is 13.8. The van der Waals surface area contributed by atoms with E-state index in [1.807, 2.05) is 0 Å². The molecule has 1 aromatic carbocycles. The van der Waals surface area contributed by atoms with Gasteiger partial charge in [0, 0.05) is 18.0 Å². The topological polar surface area (TPSA) is 21.3 Å². The first-order valence-corrected chi connectivity index (χ1v) is 7.32. The van der Waals surface area contributed by atoms with E-state index in [-0.39, 0.29) is 11.9 Å². The number of fused-ring (bicyclic) bond motifs is 1. The highest BCUT2D eigenvalue weighted by molar-refractivity contribution is 5.37. The SMILES string of the molecule is CCNC(CC)C(C)CC1Cc2cc(F)ccc2O1. The molecule has 106 valence electrons. The average Bonchev–Trinajstić information content (AvgIpc) is 2.76. The quantitative estimate of drug-likeness (QED) is 0.849. The maximum atomic E-state index is 13.2. The van der Waals surface area contributed by atoms with Crippen LogP contribution in [0.4, 0.5) is 4.39 Å². The standard InChI is InChI=1S/C16H24FNO/c1-4-15(18-5-2)11(3)8-14-10-12-9-13(17)6-7-16(12)19-14/h6-7,9,11,14-15,18H,4-5,8,10H2,1-3H3. The first kappa shape index (κ1) is 14.3. The van der Waals surface area contributed by atoms with Crippen molar-refractivity contribution in [1.82, 2.24) is 5.32 Å². The Morgan fingerprint density at radius 3 is 2.89 bits per heavy atom. The molecule has 1 aliphatic rings. The van der Waals surface area contributed by atoms with Crippen molar-refractivity contribution in [3.05, 3.63) is 29.6 Å². The van der Waals surface area contributed by atoms with Gasteiger partial charge in [0.15, 0.2) is 0 Å². The van der Waals surface area contributed by atoms with Gasteiger partial charge in [0.25, 0.3) is 0 Å². The average molecular weight is 265 g/mol. The summed E-state index contributed by atoms with van der Waals surface area (Å²) in [5.41, 5.74) is 1.01. The van der Waals surface area contributed by atoms with E-state index in [0.29, 0.717) is 12.0 Å². The fourth-order valence-corrected chi connectivity index (χ4v) is 3.01. The third kappa shape index (κ3) is 3.47. The first-order valence-electron chi connectivity index (χ1n) is 7.32. The maximum absolute atomic E-state index is 13.2. The molecular weight excluding hydrogens is 241 g/mol. The van der Waals surface area contributed by atoms with E-state index in [0.717, 1.165) is 37.1 Å². The van der Waals surface area contributed by atoms with Gasteiger partial charge in [0.05, 0.1) is 0 Å². The van der Waals surface area contributed by atoms with Crippen molar-refractivity contribution >= 4 is 0 Å². The molecule has 0 aliphatic carbocycles. The summed E-state index contributed by atoms with van der Waals surface area (Å²) in [6.07, 6.45) is 3.17. The Bertz CT molecular complexity index is 421. The predicted molar refractivity (Wildman–Crippen MR) is 76.1 cm³/mol. The molecule has 0 bridgehead atoms. The van der Waals surface area contributed by atoms with Gasteiger partial charge in [-0.25, -0.2) is 4.39 Å². The van der Waals surface area contributed by atoms with E-state index in [2.05, 4.69) is 26.1 Å². The lowest BCUT2D eigenvalue weighted by Crippen LogP contribution is -2.36. The van der Waals surface area contributed by atoms with Crippen LogP contribution < -0.4 is 10.1 Å². The van der Waals surface area contributed by atoms with Crippen molar-refractivity contribution in [1.29, 1.82) is 0 Å². The summed E-state index contributed by atoms with van der Waals surface area (Å²) in [4.78, 5) is 0. The van der Waals surface area contributed by atoms with Crippen molar-refractivity contribution < 1.29 is 9.13 Å². The molecule has 3 heteroatoms. The molecule has 0 saturated heterocycles. The minimum Gasteiger partial charge on any atom is -0.490 e. The van der Waals surface area contributed by atoms with Gasteiger partial charge in [0.2, 0.25) is 0 Å². The fourth-order valence-electron chi connectivity index (χ4n) is 3.01. The summed E-state index contributed by atoms with van der Waals surface area (Å²) in [6, 6.07) is 5.35. The molecule has 0 fully saturated rings. The summed E-state index contributed by atoms with van der Waals surface area (Å²) in [7, 11) is 0. The van der Waals surface area contributed by atoms with Crippen LogP contribution in [0.1, 0.15) is 39.2 Å². The van der Waals surface area contributed by atoms with E-state index >= 15 is 0 Å². The fraction of sp³-hybridized carbons (Fsp3) is 0.625. The Balaban J connectivity index is 1.92. The molecule has 1 heterocycles. The number of halogens is 1. The summed E-state index contributed by atoms with van der Waals surface area (Å²) in [6.45, 7) is 7.62. The van der Waals surface area contributed by atoms with Gasteiger partial charge in [-0.05, 0) is 43.5 Å². The Hall–Kier alpha value is -1.09. The summed E-state index contributed by atoms with van der Waals surface area (Å²) in [5.74, 6) is 1.25. The predicted octanol–water partition coefficient (Wildman–Crippen LogP) is 3.54. The zero-order valence-corrected chi connectivity index (χ0v) is 12.1. The Labute approximate surface area is 115 Å². The first-order chi connectivity index (χ1) is 9.13. The molecule has 1 aromatic rings. The van der Waals surface area contributed by atoms with Crippen LogP contribution in [0.3, 0.4) is 0 Å². The third-order valence-electron chi connectivity index (χ3n) is 3.99. The Kier molecular flexibility index (Phi) is 4.81. The number of benzene rings is 1. The molecule has 0 saturated carbocycles. The number of hydrogen-bond acceptors (Lipinski definition) is 2. The molecule has 3 unspecified atom stereocenters. The van der Waals surface area contributed by atoms with Crippen LogP contribution in [0.15, 0.2) is 18.2 Å². The minimum atomic E-state index is -0.171. The van der Waals surface area contributed by atoms with Crippen LogP contribution in [0, 0.1) is 11.7 Å². The number of hydrogen-bond donors (Lipinski definition) is 1. The Morgan fingerprint density at radius 2 is 2.21 bits per heavy atom. The molecule has 0 radical (unpaired) electrons. The lowest BCUT2D eigenvalue weighted by Gasteiger charge is -2.25. The Morgan fingerprint density at radius 1 is 1.42 bits per heavy atom. The summed E-state index contributed by atoms with van der Waals surface area (Å²) >= 11 is 0. The van der Waals surface area contributed by atoms with Gasteiger partial charge in [-0.15, -0.1) is 0 Å².